The molecule has 5 nitrogen and oxygen atoms in total. The molecule has 0 spiro atoms. The smallest absolute Gasteiger partial charge is 0.149 e. The molecule has 2 N–H and O–H groups in total. The minimum Gasteiger partial charge on any atom is -0.385 e. The zero-order chi connectivity index (χ0) is 11.1. The minimum atomic E-state index is -0.0331. The van der Waals surface area contributed by atoms with Crippen molar-refractivity contribution in [1.29, 1.82) is 0 Å². The molecule has 1 aromatic heterocycles. The summed E-state index contributed by atoms with van der Waals surface area (Å²) in [4.78, 5) is 0. The highest BCUT2D eigenvalue weighted by Crippen LogP contribution is 2.13. The summed E-state index contributed by atoms with van der Waals surface area (Å²) in [5.41, 5.74) is 6.03. The molecule has 1 unspecified atom stereocenters. The molecule has 0 aliphatic heterocycles. The van der Waals surface area contributed by atoms with Gasteiger partial charge in [-0.1, -0.05) is 6.92 Å². The Bertz CT molecular complexity index is 274. The summed E-state index contributed by atoms with van der Waals surface area (Å²) in [7, 11) is 1.70. The first-order valence-corrected chi connectivity index (χ1v) is 5.41. The van der Waals surface area contributed by atoms with Gasteiger partial charge in [-0.25, -0.2) is 0 Å². The van der Waals surface area contributed by atoms with Crippen LogP contribution >= 0.6 is 0 Å². The first-order valence-electron chi connectivity index (χ1n) is 5.41. The van der Waals surface area contributed by atoms with Crippen molar-refractivity contribution < 1.29 is 4.74 Å². The molecule has 1 rings (SSSR count). The Morgan fingerprint density at radius 2 is 2.40 bits per heavy atom. The maximum atomic E-state index is 6.03. The van der Waals surface area contributed by atoms with Gasteiger partial charge in [-0.2, -0.15) is 0 Å². The number of hydrogen-bond acceptors (Lipinski definition) is 4. The second-order valence-electron chi connectivity index (χ2n) is 3.62. The first-order chi connectivity index (χ1) is 7.29. The van der Waals surface area contributed by atoms with Crippen LogP contribution in [-0.2, 0) is 11.3 Å². The highest BCUT2D eigenvalue weighted by Gasteiger charge is 2.12. The molecule has 0 aliphatic rings. The first kappa shape index (κ1) is 12.1. The molecule has 0 saturated carbocycles. The van der Waals surface area contributed by atoms with Crippen molar-refractivity contribution in [3.63, 3.8) is 0 Å². The number of aromatic nitrogens is 3. The van der Waals surface area contributed by atoms with E-state index in [0.29, 0.717) is 0 Å². The summed E-state index contributed by atoms with van der Waals surface area (Å²) in [6, 6.07) is -0.0331. The maximum absolute atomic E-state index is 6.03. The molecule has 0 aliphatic carbocycles. The van der Waals surface area contributed by atoms with Crippen LogP contribution < -0.4 is 5.73 Å². The Hall–Kier alpha value is -0.940. The van der Waals surface area contributed by atoms with Gasteiger partial charge in [0.15, 0.2) is 0 Å². The number of nitrogens with two attached hydrogens (primary N) is 1. The van der Waals surface area contributed by atoms with E-state index in [-0.39, 0.29) is 6.04 Å². The summed E-state index contributed by atoms with van der Waals surface area (Å²) in [5, 5.41) is 7.95. The molecule has 1 heterocycles. The third kappa shape index (κ3) is 3.60. The lowest BCUT2D eigenvalue weighted by molar-refractivity contribution is 0.190. The van der Waals surface area contributed by atoms with Crippen molar-refractivity contribution >= 4 is 0 Å². The zero-order valence-electron chi connectivity index (χ0n) is 9.52. The summed E-state index contributed by atoms with van der Waals surface area (Å²) in [6.45, 7) is 3.80. The van der Waals surface area contributed by atoms with Gasteiger partial charge in [-0.15, -0.1) is 10.2 Å². The second kappa shape index (κ2) is 6.53. The lowest BCUT2D eigenvalue weighted by Gasteiger charge is -2.11. The van der Waals surface area contributed by atoms with Crippen LogP contribution in [-0.4, -0.2) is 28.5 Å². The van der Waals surface area contributed by atoms with E-state index in [1.807, 2.05) is 4.57 Å². The second-order valence-corrected chi connectivity index (χ2v) is 3.62. The number of rotatable bonds is 7. The SMILES string of the molecule is CCCn1cnnc1C(N)CCCOC. The fourth-order valence-corrected chi connectivity index (χ4v) is 1.54. The number of aryl methyl sites for hydroxylation is 1. The fourth-order valence-electron chi connectivity index (χ4n) is 1.54. The Balaban J connectivity index is 2.48. The predicted octanol–water partition coefficient (Wildman–Crippen LogP) is 1.11. The van der Waals surface area contributed by atoms with Crippen LogP contribution in [0.4, 0.5) is 0 Å². The van der Waals surface area contributed by atoms with Crippen molar-refractivity contribution in [2.45, 2.75) is 38.8 Å². The predicted molar refractivity (Wildman–Crippen MR) is 58.4 cm³/mol. The van der Waals surface area contributed by atoms with Gasteiger partial charge in [-0.05, 0) is 19.3 Å². The molecule has 86 valence electrons. The summed E-state index contributed by atoms with van der Waals surface area (Å²) in [6.07, 6.45) is 4.65. The van der Waals surface area contributed by atoms with Gasteiger partial charge in [0, 0.05) is 20.3 Å². The lowest BCUT2D eigenvalue weighted by Crippen LogP contribution is -2.17. The molecule has 0 bridgehead atoms. The van der Waals surface area contributed by atoms with E-state index in [9.17, 15) is 0 Å². The van der Waals surface area contributed by atoms with Crippen LogP contribution in [0.1, 0.15) is 38.1 Å². The summed E-state index contributed by atoms with van der Waals surface area (Å²) >= 11 is 0. The van der Waals surface area contributed by atoms with E-state index in [1.54, 1.807) is 13.4 Å². The van der Waals surface area contributed by atoms with Gasteiger partial charge in [0.1, 0.15) is 12.2 Å². The molecule has 0 aromatic carbocycles. The molecule has 1 atom stereocenters. The maximum Gasteiger partial charge on any atom is 0.149 e. The van der Waals surface area contributed by atoms with Gasteiger partial charge in [0.05, 0.1) is 6.04 Å². The van der Waals surface area contributed by atoms with E-state index in [4.69, 9.17) is 10.5 Å². The standard InChI is InChI=1S/C10H20N4O/c1-3-6-14-8-12-13-10(14)9(11)5-4-7-15-2/h8-9H,3-7,11H2,1-2H3. The average molecular weight is 212 g/mol. The van der Waals surface area contributed by atoms with E-state index >= 15 is 0 Å². The summed E-state index contributed by atoms with van der Waals surface area (Å²) in [5.74, 6) is 0.882. The van der Waals surface area contributed by atoms with Crippen LogP contribution in [0.15, 0.2) is 6.33 Å². The van der Waals surface area contributed by atoms with Gasteiger partial charge in [0.2, 0.25) is 0 Å². The van der Waals surface area contributed by atoms with Gasteiger partial charge < -0.3 is 15.0 Å². The van der Waals surface area contributed by atoms with E-state index in [0.717, 1.165) is 38.2 Å². The molecule has 0 radical (unpaired) electrons. The molecule has 1 aromatic rings. The topological polar surface area (TPSA) is 66.0 Å². The molecule has 15 heavy (non-hydrogen) atoms. The summed E-state index contributed by atoms with van der Waals surface area (Å²) < 4.78 is 7.01. The number of methoxy groups -OCH3 is 1. The Labute approximate surface area is 90.6 Å². The third-order valence-corrected chi connectivity index (χ3v) is 2.31. The third-order valence-electron chi connectivity index (χ3n) is 2.31. The van der Waals surface area contributed by atoms with Crippen LogP contribution in [0.5, 0.6) is 0 Å². The highest BCUT2D eigenvalue weighted by molar-refractivity contribution is 4.93. The largest absolute Gasteiger partial charge is 0.385 e. The number of ether oxygens (including phenoxy) is 1. The lowest BCUT2D eigenvalue weighted by atomic mass is 10.1. The van der Waals surface area contributed by atoms with Crippen molar-refractivity contribution in [3.05, 3.63) is 12.2 Å². The van der Waals surface area contributed by atoms with Crippen LogP contribution in [0.25, 0.3) is 0 Å². The van der Waals surface area contributed by atoms with E-state index in [1.165, 1.54) is 0 Å². The average Bonchev–Trinajstić information content (AvgIpc) is 2.67. The van der Waals surface area contributed by atoms with Crippen LogP contribution in [0.3, 0.4) is 0 Å². The normalized spacial score (nSPS) is 13.0. The molecule has 0 amide bonds. The van der Waals surface area contributed by atoms with Gasteiger partial charge in [-0.3, -0.25) is 0 Å². The Morgan fingerprint density at radius 1 is 1.60 bits per heavy atom. The molecule has 0 fully saturated rings. The quantitative estimate of drug-likeness (QED) is 0.688. The Morgan fingerprint density at radius 3 is 3.07 bits per heavy atom. The number of hydrogen-bond donors (Lipinski definition) is 1. The molecular formula is C10H20N4O. The van der Waals surface area contributed by atoms with Gasteiger partial charge in [0.25, 0.3) is 0 Å². The molecule has 5 heteroatoms. The minimum absolute atomic E-state index is 0.0331. The molecule has 0 saturated heterocycles. The fraction of sp³-hybridized carbons (Fsp3) is 0.800. The monoisotopic (exact) mass is 212 g/mol. The zero-order valence-corrected chi connectivity index (χ0v) is 9.52. The molecular weight excluding hydrogens is 192 g/mol. The van der Waals surface area contributed by atoms with Crippen molar-refractivity contribution in [2.24, 2.45) is 5.73 Å². The highest BCUT2D eigenvalue weighted by atomic mass is 16.5. The van der Waals surface area contributed by atoms with Crippen molar-refractivity contribution in [2.75, 3.05) is 13.7 Å². The number of nitrogens with zero attached hydrogens (tertiary/aromatic N) is 3. The van der Waals surface area contributed by atoms with E-state index < -0.39 is 0 Å². The van der Waals surface area contributed by atoms with Crippen molar-refractivity contribution in [1.82, 2.24) is 14.8 Å². The Kier molecular flexibility index (Phi) is 5.28. The van der Waals surface area contributed by atoms with Crippen LogP contribution in [0, 0.1) is 0 Å². The van der Waals surface area contributed by atoms with Gasteiger partial charge >= 0.3 is 0 Å². The van der Waals surface area contributed by atoms with Crippen LogP contribution in [0.2, 0.25) is 0 Å². The van der Waals surface area contributed by atoms with E-state index in [2.05, 4.69) is 17.1 Å². The van der Waals surface area contributed by atoms with Crippen molar-refractivity contribution in [3.8, 4) is 0 Å².